The predicted molar refractivity (Wildman–Crippen MR) is 81.2 cm³/mol. The second-order valence-electron chi connectivity index (χ2n) is 5.88. The van der Waals surface area contributed by atoms with Gasteiger partial charge in [-0.15, -0.1) is 0 Å². The van der Waals surface area contributed by atoms with Crippen molar-refractivity contribution in [1.82, 2.24) is 9.47 Å². The second-order valence-corrected chi connectivity index (χ2v) is 6.80. The summed E-state index contributed by atoms with van der Waals surface area (Å²) in [5, 5.41) is 0. The number of hydrogen-bond acceptors (Lipinski definition) is 1. The molecule has 0 N–H and O–H groups in total. The molecule has 0 spiro atoms. The average Bonchev–Trinajstić information content (AvgIpc) is 2.57. The van der Waals surface area contributed by atoms with Crippen LogP contribution in [-0.2, 0) is 7.05 Å². The number of rotatable bonds is 2. The van der Waals surface area contributed by atoms with Crippen molar-refractivity contribution in [3.05, 3.63) is 22.4 Å². The van der Waals surface area contributed by atoms with Crippen LogP contribution in [0.3, 0.4) is 0 Å². The van der Waals surface area contributed by atoms with Crippen molar-refractivity contribution >= 4 is 21.8 Å². The van der Waals surface area contributed by atoms with E-state index < -0.39 is 0 Å². The topological polar surface area (TPSA) is 25.2 Å². The van der Waals surface area contributed by atoms with Gasteiger partial charge in [-0.2, -0.15) is 0 Å². The molecular weight excluding hydrogens is 304 g/mol. The zero-order valence-corrected chi connectivity index (χ0v) is 13.6. The Kier molecular flexibility index (Phi) is 4.71. The highest BCUT2D eigenvalue weighted by atomic mass is 79.9. The average molecular weight is 327 g/mol. The molecule has 2 heterocycles. The molecule has 106 valence electrons. The molecule has 0 saturated carbocycles. The van der Waals surface area contributed by atoms with E-state index in [2.05, 4.69) is 29.8 Å². The van der Waals surface area contributed by atoms with Crippen LogP contribution in [0.4, 0.5) is 0 Å². The Morgan fingerprint density at radius 2 is 2.11 bits per heavy atom. The summed E-state index contributed by atoms with van der Waals surface area (Å²) < 4.78 is 2.87. The van der Waals surface area contributed by atoms with E-state index in [1.165, 1.54) is 6.42 Å². The monoisotopic (exact) mass is 326 g/mol. The highest BCUT2D eigenvalue weighted by Gasteiger charge is 2.24. The largest absolute Gasteiger partial charge is 0.345 e. The molecule has 4 heteroatoms. The predicted octanol–water partition coefficient (Wildman–Crippen LogP) is 3.69. The van der Waals surface area contributed by atoms with Gasteiger partial charge in [-0.3, -0.25) is 4.79 Å². The summed E-state index contributed by atoms with van der Waals surface area (Å²) in [7, 11) is 1.92. The molecule has 1 atom stereocenters. The quantitative estimate of drug-likeness (QED) is 0.813. The molecule has 0 bridgehead atoms. The van der Waals surface area contributed by atoms with E-state index >= 15 is 0 Å². The highest BCUT2D eigenvalue weighted by Crippen LogP contribution is 2.25. The van der Waals surface area contributed by atoms with Gasteiger partial charge in [0.15, 0.2) is 0 Å². The van der Waals surface area contributed by atoms with Gasteiger partial charge < -0.3 is 9.47 Å². The Hall–Kier alpha value is -0.770. The van der Waals surface area contributed by atoms with Gasteiger partial charge in [0.2, 0.25) is 0 Å². The summed E-state index contributed by atoms with van der Waals surface area (Å²) in [6, 6.07) is 1.91. The first-order valence-corrected chi connectivity index (χ1v) is 7.89. The standard InChI is InChI=1S/C15H23BrN2O/c1-11(2)12-5-4-7-18(8-6-12)15(19)14-9-13(16)10-17(14)3/h9-12H,4-8H2,1-3H3. The molecule has 19 heavy (non-hydrogen) atoms. The summed E-state index contributed by atoms with van der Waals surface area (Å²) in [4.78, 5) is 14.6. The van der Waals surface area contributed by atoms with Crippen LogP contribution in [0.2, 0.25) is 0 Å². The molecule has 2 rings (SSSR count). The molecule has 0 aliphatic carbocycles. The highest BCUT2D eigenvalue weighted by molar-refractivity contribution is 9.10. The Bertz CT molecular complexity index is 453. The zero-order valence-electron chi connectivity index (χ0n) is 12.0. The normalized spacial score (nSPS) is 20.7. The lowest BCUT2D eigenvalue weighted by atomic mass is 9.89. The minimum Gasteiger partial charge on any atom is -0.345 e. The van der Waals surface area contributed by atoms with Crippen molar-refractivity contribution in [3.8, 4) is 0 Å². The molecule has 1 aliphatic rings. The first kappa shape index (κ1) is 14.6. The molecule has 1 saturated heterocycles. The minimum atomic E-state index is 0.164. The van der Waals surface area contributed by atoms with Gasteiger partial charge in [0.05, 0.1) is 0 Å². The first-order valence-electron chi connectivity index (χ1n) is 7.10. The number of amides is 1. The van der Waals surface area contributed by atoms with Gasteiger partial charge in [0.25, 0.3) is 5.91 Å². The van der Waals surface area contributed by atoms with Crippen LogP contribution < -0.4 is 0 Å². The molecule has 1 aliphatic heterocycles. The van der Waals surface area contributed by atoms with Crippen LogP contribution in [0.5, 0.6) is 0 Å². The number of aryl methyl sites for hydroxylation is 1. The van der Waals surface area contributed by atoms with E-state index in [4.69, 9.17) is 0 Å². The van der Waals surface area contributed by atoms with Crippen LogP contribution in [0.25, 0.3) is 0 Å². The molecule has 0 radical (unpaired) electrons. The molecule has 1 aromatic rings. The minimum absolute atomic E-state index is 0.164. The Labute approximate surface area is 124 Å². The van der Waals surface area contributed by atoms with Gasteiger partial charge in [-0.05, 0) is 53.1 Å². The van der Waals surface area contributed by atoms with Crippen molar-refractivity contribution in [3.63, 3.8) is 0 Å². The SMILES string of the molecule is CC(C)C1CCCN(C(=O)c2cc(Br)cn2C)CC1. The van der Waals surface area contributed by atoms with E-state index in [-0.39, 0.29) is 5.91 Å². The number of hydrogen-bond donors (Lipinski definition) is 0. The maximum atomic E-state index is 12.5. The Morgan fingerprint density at radius 1 is 1.37 bits per heavy atom. The third-order valence-electron chi connectivity index (χ3n) is 4.19. The van der Waals surface area contributed by atoms with Crippen molar-refractivity contribution in [2.45, 2.75) is 33.1 Å². The van der Waals surface area contributed by atoms with E-state index in [1.807, 2.05) is 28.8 Å². The lowest BCUT2D eigenvalue weighted by Crippen LogP contribution is -2.33. The maximum absolute atomic E-state index is 12.5. The van der Waals surface area contributed by atoms with Crippen LogP contribution in [-0.4, -0.2) is 28.5 Å². The van der Waals surface area contributed by atoms with Crippen molar-refractivity contribution in [1.29, 1.82) is 0 Å². The smallest absolute Gasteiger partial charge is 0.270 e. The van der Waals surface area contributed by atoms with E-state index in [0.717, 1.165) is 47.9 Å². The molecule has 1 aromatic heterocycles. The summed E-state index contributed by atoms with van der Waals surface area (Å²) in [6.07, 6.45) is 5.44. The van der Waals surface area contributed by atoms with Crippen LogP contribution >= 0.6 is 15.9 Å². The fraction of sp³-hybridized carbons (Fsp3) is 0.667. The first-order chi connectivity index (χ1) is 8.99. The molecule has 1 amide bonds. The van der Waals surface area contributed by atoms with Crippen molar-refractivity contribution in [2.75, 3.05) is 13.1 Å². The number of carbonyl (C=O) groups excluding carboxylic acids is 1. The third kappa shape index (κ3) is 3.41. The number of halogens is 1. The molecule has 0 aromatic carbocycles. The third-order valence-corrected chi connectivity index (χ3v) is 4.63. The second kappa shape index (κ2) is 6.12. The van der Waals surface area contributed by atoms with Gasteiger partial charge >= 0.3 is 0 Å². The Balaban J connectivity index is 2.06. The van der Waals surface area contributed by atoms with Gasteiger partial charge in [-0.1, -0.05) is 13.8 Å². The molecule has 1 fully saturated rings. The molecule has 3 nitrogen and oxygen atoms in total. The van der Waals surface area contributed by atoms with Crippen LogP contribution in [0.1, 0.15) is 43.6 Å². The number of carbonyl (C=O) groups is 1. The van der Waals surface area contributed by atoms with E-state index in [0.29, 0.717) is 0 Å². The van der Waals surface area contributed by atoms with E-state index in [9.17, 15) is 4.79 Å². The zero-order chi connectivity index (χ0) is 14.0. The maximum Gasteiger partial charge on any atom is 0.270 e. The lowest BCUT2D eigenvalue weighted by molar-refractivity contribution is 0.0749. The van der Waals surface area contributed by atoms with E-state index in [1.54, 1.807) is 0 Å². The number of aromatic nitrogens is 1. The van der Waals surface area contributed by atoms with Gasteiger partial charge in [0.1, 0.15) is 5.69 Å². The van der Waals surface area contributed by atoms with Crippen molar-refractivity contribution in [2.24, 2.45) is 18.9 Å². The fourth-order valence-corrected chi connectivity index (χ4v) is 3.41. The fourth-order valence-electron chi connectivity index (χ4n) is 2.89. The summed E-state index contributed by atoms with van der Waals surface area (Å²) in [5.74, 6) is 1.65. The molecule has 1 unspecified atom stereocenters. The summed E-state index contributed by atoms with van der Waals surface area (Å²) in [6.45, 7) is 6.36. The Morgan fingerprint density at radius 3 is 2.68 bits per heavy atom. The van der Waals surface area contributed by atoms with Crippen LogP contribution in [0, 0.1) is 11.8 Å². The summed E-state index contributed by atoms with van der Waals surface area (Å²) in [5.41, 5.74) is 0.773. The number of likely N-dealkylation sites (tertiary alicyclic amines) is 1. The van der Waals surface area contributed by atoms with Crippen LogP contribution in [0.15, 0.2) is 16.7 Å². The summed E-state index contributed by atoms with van der Waals surface area (Å²) >= 11 is 3.43. The molecular formula is C15H23BrN2O. The number of nitrogens with zero attached hydrogens (tertiary/aromatic N) is 2. The van der Waals surface area contributed by atoms with Crippen molar-refractivity contribution < 1.29 is 4.79 Å². The van der Waals surface area contributed by atoms with Gasteiger partial charge in [0, 0.05) is 30.8 Å². The lowest BCUT2D eigenvalue weighted by Gasteiger charge is -2.21. The van der Waals surface area contributed by atoms with Gasteiger partial charge in [-0.25, -0.2) is 0 Å².